The molecule has 0 spiro atoms. The lowest BCUT2D eigenvalue weighted by atomic mass is 9.98. The van der Waals surface area contributed by atoms with Gasteiger partial charge in [0.25, 0.3) is 5.69 Å². The van der Waals surface area contributed by atoms with Gasteiger partial charge in [0.05, 0.1) is 30.3 Å². The first-order valence-electron chi connectivity index (χ1n) is 11.2. The van der Waals surface area contributed by atoms with Gasteiger partial charge in [0.1, 0.15) is 12.7 Å². The standard InChI is InChI=1S/C23H29NO13/c1-13(25)33-12-19-20(34-14(2)26)21(35-15(3)27)22(36-16(4)28)23(37-19)32-10-9-31-11-17-7-5-6-8-18(17)24(29)30/h5-8,19-23H,9-12H2,1-4H3/t19-,20-,21+,22-,23-/m1/s1. The molecule has 14 heteroatoms. The third-order valence-electron chi connectivity index (χ3n) is 4.90. The van der Waals surface area contributed by atoms with E-state index in [1.54, 1.807) is 12.1 Å². The zero-order valence-corrected chi connectivity index (χ0v) is 20.8. The minimum Gasteiger partial charge on any atom is -0.463 e. The van der Waals surface area contributed by atoms with Gasteiger partial charge >= 0.3 is 23.9 Å². The number of benzene rings is 1. The van der Waals surface area contributed by atoms with E-state index in [0.29, 0.717) is 5.56 Å². The van der Waals surface area contributed by atoms with E-state index in [4.69, 9.17) is 33.2 Å². The fourth-order valence-corrected chi connectivity index (χ4v) is 3.54. The zero-order chi connectivity index (χ0) is 27.5. The molecule has 0 aromatic heterocycles. The summed E-state index contributed by atoms with van der Waals surface area (Å²) in [4.78, 5) is 57.3. The highest BCUT2D eigenvalue weighted by atomic mass is 16.7. The maximum absolute atomic E-state index is 11.8. The Hall–Kier alpha value is -3.62. The fourth-order valence-electron chi connectivity index (χ4n) is 3.54. The van der Waals surface area contributed by atoms with Crippen LogP contribution < -0.4 is 0 Å². The van der Waals surface area contributed by atoms with Crippen molar-refractivity contribution in [2.75, 3.05) is 19.8 Å². The minimum atomic E-state index is -1.35. The molecule has 0 radical (unpaired) electrons. The number of nitro groups is 1. The van der Waals surface area contributed by atoms with Crippen LogP contribution >= 0.6 is 0 Å². The number of nitrogens with zero attached hydrogens (tertiary/aromatic N) is 1. The van der Waals surface area contributed by atoms with Gasteiger partial charge in [-0.2, -0.15) is 0 Å². The Kier molecular flexibility index (Phi) is 11.4. The predicted molar refractivity (Wildman–Crippen MR) is 121 cm³/mol. The van der Waals surface area contributed by atoms with E-state index in [0.717, 1.165) is 27.7 Å². The Bertz CT molecular complexity index is 981. The lowest BCUT2D eigenvalue weighted by molar-refractivity contribution is -0.386. The molecule has 0 saturated carbocycles. The Morgan fingerprint density at radius 1 is 0.865 bits per heavy atom. The summed E-state index contributed by atoms with van der Waals surface area (Å²) in [5.41, 5.74) is 0.266. The summed E-state index contributed by atoms with van der Waals surface area (Å²) in [7, 11) is 0. The van der Waals surface area contributed by atoms with Crippen molar-refractivity contribution in [1.29, 1.82) is 0 Å². The highest BCUT2D eigenvalue weighted by Gasteiger charge is 2.52. The first-order chi connectivity index (χ1) is 17.5. The van der Waals surface area contributed by atoms with Gasteiger partial charge < -0.3 is 33.2 Å². The number of esters is 4. The number of carbonyl (C=O) groups is 4. The van der Waals surface area contributed by atoms with Gasteiger partial charge in [0, 0.05) is 33.8 Å². The van der Waals surface area contributed by atoms with Crippen molar-refractivity contribution < 1.29 is 57.3 Å². The van der Waals surface area contributed by atoms with Gasteiger partial charge in [-0.15, -0.1) is 0 Å². The number of para-hydroxylation sites is 1. The van der Waals surface area contributed by atoms with Crippen LogP contribution in [0.4, 0.5) is 5.69 Å². The van der Waals surface area contributed by atoms with Crippen molar-refractivity contribution in [2.24, 2.45) is 0 Å². The molecule has 1 aromatic carbocycles. The predicted octanol–water partition coefficient (Wildman–Crippen LogP) is 1.21. The van der Waals surface area contributed by atoms with E-state index in [1.165, 1.54) is 12.1 Å². The van der Waals surface area contributed by atoms with Crippen LogP contribution in [0.5, 0.6) is 0 Å². The lowest BCUT2D eigenvalue weighted by Gasteiger charge is -2.44. The Morgan fingerprint density at radius 2 is 1.46 bits per heavy atom. The van der Waals surface area contributed by atoms with Crippen LogP contribution in [0.3, 0.4) is 0 Å². The average molecular weight is 527 g/mol. The van der Waals surface area contributed by atoms with Crippen molar-refractivity contribution in [1.82, 2.24) is 0 Å². The fraction of sp³-hybridized carbons (Fsp3) is 0.565. The summed E-state index contributed by atoms with van der Waals surface area (Å²) < 4.78 is 37.8. The lowest BCUT2D eigenvalue weighted by Crippen LogP contribution is -2.63. The molecular formula is C23H29NO13. The van der Waals surface area contributed by atoms with Crippen molar-refractivity contribution in [3.8, 4) is 0 Å². The van der Waals surface area contributed by atoms with Crippen LogP contribution in [-0.4, -0.2) is 79.3 Å². The normalized spacial score (nSPS) is 23.0. The Balaban J connectivity index is 2.16. The van der Waals surface area contributed by atoms with Gasteiger partial charge in [-0.25, -0.2) is 0 Å². The van der Waals surface area contributed by atoms with Gasteiger partial charge in [-0.05, 0) is 6.07 Å². The van der Waals surface area contributed by atoms with Crippen LogP contribution in [0, 0.1) is 10.1 Å². The molecule has 1 saturated heterocycles. The second kappa shape index (κ2) is 14.2. The van der Waals surface area contributed by atoms with Crippen LogP contribution in [0.1, 0.15) is 33.3 Å². The van der Waals surface area contributed by atoms with E-state index in [1.807, 2.05) is 0 Å². The topological polar surface area (TPSA) is 176 Å². The van der Waals surface area contributed by atoms with Gasteiger partial charge in [-0.3, -0.25) is 29.3 Å². The van der Waals surface area contributed by atoms with Crippen LogP contribution in [0.15, 0.2) is 24.3 Å². The first-order valence-corrected chi connectivity index (χ1v) is 11.2. The van der Waals surface area contributed by atoms with E-state index < -0.39 is 59.5 Å². The second-order valence-electron chi connectivity index (χ2n) is 7.88. The monoisotopic (exact) mass is 527 g/mol. The summed E-state index contributed by atoms with van der Waals surface area (Å²) in [6, 6.07) is 6.08. The molecular weight excluding hydrogens is 498 g/mol. The van der Waals surface area contributed by atoms with E-state index in [2.05, 4.69) is 0 Å². The van der Waals surface area contributed by atoms with Crippen molar-refractivity contribution in [3.05, 3.63) is 39.9 Å². The van der Waals surface area contributed by atoms with Crippen molar-refractivity contribution in [2.45, 2.75) is 65.0 Å². The average Bonchev–Trinajstić information content (AvgIpc) is 2.80. The summed E-state index contributed by atoms with van der Waals surface area (Å²) in [5, 5.41) is 11.1. The van der Waals surface area contributed by atoms with Crippen LogP contribution in [0.25, 0.3) is 0 Å². The molecule has 1 aromatic rings. The molecule has 0 aliphatic carbocycles. The smallest absolute Gasteiger partial charge is 0.303 e. The molecule has 0 unspecified atom stereocenters. The summed E-state index contributed by atoms with van der Waals surface area (Å²) in [6.07, 6.45) is -6.47. The number of carbonyl (C=O) groups excluding carboxylic acids is 4. The largest absolute Gasteiger partial charge is 0.463 e. The zero-order valence-electron chi connectivity index (χ0n) is 20.8. The molecule has 0 bridgehead atoms. The van der Waals surface area contributed by atoms with Gasteiger partial charge in [0.2, 0.25) is 0 Å². The molecule has 0 amide bonds. The van der Waals surface area contributed by atoms with Gasteiger partial charge in [0.15, 0.2) is 24.6 Å². The van der Waals surface area contributed by atoms with Crippen molar-refractivity contribution in [3.63, 3.8) is 0 Å². The number of hydrogen-bond donors (Lipinski definition) is 0. The molecule has 1 aliphatic heterocycles. The number of nitro benzene ring substituents is 1. The third-order valence-corrected chi connectivity index (χ3v) is 4.90. The Morgan fingerprint density at radius 3 is 2.05 bits per heavy atom. The SMILES string of the molecule is CC(=O)OC[C@H]1O[C@@H](OCCOCc2ccccc2[N+](=O)[O-])[C@H](OC(C)=O)[C@@H](OC(C)=O)[C@@H]1OC(C)=O. The van der Waals surface area contributed by atoms with E-state index >= 15 is 0 Å². The van der Waals surface area contributed by atoms with E-state index in [9.17, 15) is 29.3 Å². The number of ether oxygens (including phenoxy) is 7. The van der Waals surface area contributed by atoms with Crippen LogP contribution in [0.2, 0.25) is 0 Å². The molecule has 204 valence electrons. The quantitative estimate of drug-likeness (QED) is 0.125. The molecule has 0 N–H and O–H groups in total. The highest BCUT2D eigenvalue weighted by Crippen LogP contribution is 2.30. The highest BCUT2D eigenvalue weighted by molar-refractivity contribution is 5.68. The summed E-state index contributed by atoms with van der Waals surface area (Å²) >= 11 is 0. The van der Waals surface area contributed by atoms with Crippen molar-refractivity contribution >= 4 is 29.6 Å². The maximum atomic E-state index is 11.8. The maximum Gasteiger partial charge on any atom is 0.303 e. The number of rotatable bonds is 12. The van der Waals surface area contributed by atoms with E-state index in [-0.39, 0.29) is 32.1 Å². The molecule has 1 heterocycles. The molecule has 14 nitrogen and oxygen atoms in total. The third kappa shape index (κ3) is 9.40. The summed E-state index contributed by atoms with van der Waals surface area (Å²) in [5.74, 6) is -2.91. The first kappa shape index (κ1) is 29.6. The molecule has 2 rings (SSSR count). The molecule has 1 aliphatic rings. The minimum absolute atomic E-state index is 0.0427. The molecule has 37 heavy (non-hydrogen) atoms. The Labute approximate surface area is 212 Å². The van der Waals surface area contributed by atoms with Crippen LogP contribution in [-0.2, 0) is 58.9 Å². The summed E-state index contributed by atoms with van der Waals surface area (Å²) in [6.45, 7) is 3.88. The molecule has 1 fully saturated rings. The second-order valence-corrected chi connectivity index (χ2v) is 7.88. The molecule has 5 atom stereocenters. The number of hydrogen-bond acceptors (Lipinski definition) is 13. The van der Waals surface area contributed by atoms with Gasteiger partial charge in [-0.1, -0.05) is 12.1 Å².